The van der Waals surface area contributed by atoms with Crippen molar-refractivity contribution in [3.63, 3.8) is 0 Å². The zero-order valence-electron chi connectivity index (χ0n) is 11.3. The minimum absolute atomic E-state index is 0.292. The molecule has 1 aromatic rings. The highest BCUT2D eigenvalue weighted by Crippen LogP contribution is 2.22. The van der Waals surface area contributed by atoms with Crippen molar-refractivity contribution in [2.24, 2.45) is 5.41 Å². The van der Waals surface area contributed by atoms with Gasteiger partial charge < -0.3 is 5.32 Å². The van der Waals surface area contributed by atoms with E-state index in [9.17, 15) is 0 Å². The summed E-state index contributed by atoms with van der Waals surface area (Å²) in [6.45, 7) is 6.76. The number of hydrogen-bond acceptors (Lipinski definition) is 2. The second-order valence-electron chi connectivity index (χ2n) is 5.27. The van der Waals surface area contributed by atoms with E-state index in [0.717, 1.165) is 17.9 Å². The molecule has 0 heterocycles. The fraction of sp³-hybridized carbons (Fsp3) is 0.533. The van der Waals surface area contributed by atoms with Crippen LogP contribution >= 0.6 is 11.6 Å². The van der Waals surface area contributed by atoms with Gasteiger partial charge in [0.1, 0.15) is 0 Å². The predicted octanol–water partition coefficient (Wildman–Crippen LogP) is 4.32. The molecule has 0 amide bonds. The smallest absolute Gasteiger partial charge is 0.0697 e. The molecule has 0 saturated heterocycles. The molecule has 0 aliphatic rings. The first-order valence-electron chi connectivity index (χ1n) is 6.38. The largest absolute Gasteiger partial charge is 0.308 e. The van der Waals surface area contributed by atoms with Gasteiger partial charge in [-0.1, -0.05) is 37.1 Å². The summed E-state index contributed by atoms with van der Waals surface area (Å²) in [5, 5.41) is 13.3. The second-order valence-corrected chi connectivity index (χ2v) is 5.71. The molecule has 0 radical (unpaired) electrons. The topological polar surface area (TPSA) is 35.8 Å². The lowest BCUT2D eigenvalue weighted by atomic mass is 9.94. The monoisotopic (exact) mass is 264 g/mol. The average Bonchev–Trinajstić information content (AvgIpc) is 2.36. The van der Waals surface area contributed by atoms with E-state index in [1.807, 2.05) is 26.0 Å². The first-order valence-corrected chi connectivity index (χ1v) is 6.76. The van der Waals surface area contributed by atoms with Gasteiger partial charge in [-0.25, -0.2) is 0 Å². The lowest BCUT2D eigenvalue weighted by Gasteiger charge is -2.23. The molecular weight excluding hydrogens is 244 g/mol. The molecule has 0 saturated carbocycles. The van der Waals surface area contributed by atoms with Gasteiger partial charge in [-0.3, -0.25) is 0 Å². The van der Waals surface area contributed by atoms with Crippen molar-refractivity contribution >= 4 is 11.6 Å². The molecule has 0 aliphatic carbocycles. The molecule has 1 rings (SSSR count). The Morgan fingerprint density at radius 1 is 1.33 bits per heavy atom. The maximum absolute atomic E-state index is 9.04. The van der Waals surface area contributed by atoms with E-state index >= 15 is 0 Å². The molecule has 0 bridgehead atoms. The van der Waals surface area contributed by atoms with Gasteiger partial charge >= 0.3 is 0 Å². The van der Waals surface area contributed by atoms with Crippen LogP contribution in [0.25, 0.3) is 0 Å². The molecule has 1 N–H and O–H groups in total. The fourth-order valence-corrected chi connectivity index (χ4v) is 1.91. The van der Waals surface area contributed by atoms with Gasteiger partial charge in [-0.15, -0.1) is 0 Å². The highest BCUT2D eigenvalue weighted by atomic mass is 35.5. The van der Waals surface area contributed by atoms with Crippen molar-refractivity contribution in [3.05, 3.63) is 34.9 Å². The Balaban J connectivity index is 2.71. The molecule has 0 aromatic heterocycles. The van der Waals surface area contributed by atoms with Gasteiger partial charge in [0.2, 0.25) is 0 Å². The van der Waals surface area contributed by atoms with Crippen molar-refractivity contribution < 1.29 is 0 Å². The van der Waals surface area contributed by atoms with Crippen molar-refractivity contribution in [3.8, 4) is 6.07 Å². The third-order valence-corrected chi connectivity index (χ3v) is 3.19. The number of halogens is 1. The van der Waals surface area contributed by atoms with E-state index in [2.05, 4.69) is 30.4 Å². The molecule has 0 aliphatic heterocycles. The Kier molecular flexibility index (Phi) is 5.65. The number of nitrogens with one attached hydrogen (secondary N) is 1. The van der Waals surface area contributed by atoms with Crippen LogP contribution < -0.4 is 5.32 Å². The fourth-order valence-electron chi connectivity index (χ4n) is 1.79. The first-order chi connectivity index (χ1) is 8.48. The van der Waals surface area contributed by atoms with Crippen molar-refractivity contribution in [2.45, 2.75) is 39.7 Å². The second kappa shape index (κ2) is 6.78. The number of benzene rings is 1. The Bertz CT molecular complexity index is 403. The van der Waals surface area contributed by atoms with Crippen molar-refractivity contribution in [1.82, 2.24) is 5.32 Å². The van der Waals surface area contributed by atoms with E-state index in [1.165, 1.54) is 5.56 Å². The highest BCUT2D eigenvalue weighted by molar-refractivity contribution is 6.30. The molecule has 0 spiro atoms. The zero-order valence-corrected chi connectivity index (χ0v) is 12.1. The zero-order chi connectivity index (χ0) is 13.6. The molecule has 1 aromatic carbocycles. The van der Waals surface area contributed by atoms with Gasteiger partial charge in [-0.05, 0) is 38.0 Å². The molecular formula is C15H21ClN2. The maximum Gasteiger partial charge on any atom is 0.0697 e. The van der Waals surface area contributed by atoms with E-state index in [1.54, 1.807) is 0 Å². The standard InChI is InChI=1S/C15H21ClN2/c1-4-5-14(18-11-15(2,3)10-17)12-6-8-13(16)9-7-12/h6-9,14,18H,4-5,11H2,1-3H3. The minimum atomic E-state index is -0.335. The number of nitriles is 1. The summed E-state index contributed by atoms with van der Waals surface area (Å²) >= 11 is 5.90. The molecule has 18 heavy (non-hydrogen) atoms. The lowest BCUT2D eigenvalue weighted by molar-refractivity contribution is 0.391. The van der Waals surface area contributed by atoms with Crippen LogP contribution in [0.1, 0.15) is 45.2 Å². The van der Waals surface area contributed by atoms with Crippen LogP contribution in [0.4, 0.5) is 0 Å². The molecule has 1 atom stereocenters. The molecule has 2 nitrogen and oxygen atoms in total. The minimum Gasteiger partial charge on any atom is -0.308 e. The number of nitrogens with zero attached hydrogens (tertiary/aromatic N) is 1. The van der Waals surface area contributed by atoms with E-state index in [4.69, 9.17) is 16.9 Å². The SMILES string of the molecule is CCCC(NCC(C)(C)C#N)c1ccc(Cl)cc1. The Labute approximate surface area is 115 Å². The van der Waals surface area contributed by atoms with E-state index < -0.39 is 0 Å². The quantitative estimate of drug-likeness (QED) is 0.831. The summed E-state index contributed by atoms with van der Waals surface area (Å²) < 4.78 is 0. The van der Waals surface area contributed by atoms with Crippen LogP contribution in [0, 0.1) is 16.7 Å². The van der Waals surface area contributed by atoms with Crippen molar-refractivity contribution in [2.75, 3.05) is 6.54 Å². The third kappa shape index (κ3) is 4.68. The Morgan fingerprint density at radius 2 is 1.94 bits per heavy atom. The van der Waals surface area contributed by atoms with Gasteiger partial charge in [-0.2, -0.15) is 5.26 Å². The van der Waals surface area contributed by atoms with Gasteiger partial charge in [0.05, 0.1) is 11.5 Å². The van der Waals surface area contributed by atoms with Crippen LogP contribution in [0.5, 0.6) is 0 Å². The summed E-state index contributed by atoms with van der Waals surface area (Å²) in [6, 6.07) is 10.5. The van der Waals surface area contributed by atoms with E-state index in [0.29, 0.717) is 12.6 Å². The van der Waals surface area contributed by atoms with E-state index in [-0.39, 0.29) is 5.41 Å². The molecule has 1 unspecified atom stereocenters. The average molecular weight is 265 g/mol. The molecule has 98 valence electrons. The van der Waals surface area contributed by atoms with Gasteiger partial charge in [0, 0.05) is 17.6 Å². The van der Waals surface area contributed by atoms with Gasteiger partial charge in [0.15, 0.2) is 0 Å². The summed E-state index contributed by atoms with van der Waals surface area (Å²) in [5.41, 5.74) is 0.897. The van der Waals surface area contributed by atoms with Crippen LogP contribution in [0.15, 0.2) is 24.3 Å². The molecule has 0 fully saturated rings. The Morgan fingerprint density at radius 3 is 2.44 bits per heavy atom. The van der Waals surface area contributed by atoms with Crippen LogP contribution in [0.2, 0.25) is 5.02 Å². The van der Waals surface area contributed by atoms with Crippen molar-refractivity contribution in [1.29, 1.82) is 5.26 Å². The number of hydrogen-bond donors (Lipinski definition) is 1. The maximum atomic E-state index is 9.04. The lowest BCUT2D eigenvalue weighted by Crippen LogP contribution is -2.31. The molecule has 3 heteroatoms. The first kappa shape index (κ1) is 15.0. The van der Waals surface area contributed by atoms with Crippen LogP contribution in [-0.2, 0) is 0 Å². The highest BCUT2D eigenvalue weighted by Gasteiger charge is 2.19. The van der Waals surface area contributed by atoms with Crippen LogP contribution in [0.3, 0.4) is 0 Å². The predicted molar refractivity (Wildman–Crippen MR) is 76.5 cm³/mol. The Hall–Kier alpha value is -1.04. The third-order valence-electron chi connectivity index (χ3n) is 2.94. The van der Waals surface area contributed by atoms with Crippen LogP contribution in [-0.4, -0.2) is 6.54 Å². The summed E-state index contributed by atoms with van der Waals surface area (Å²) in [7, 11) is 0. The summed E-state index contributed by atoms with van der Waals surface area (Å²) in [4.78, 5) is 0. The summed E-state index contributed by atoms with van der Waals surface area (Å²) in [6.07, 6.45) is 2.16. The normalized spacial score (nSPS) is 13.1. The van der Waals surface area contributed by atoms with Gasteiger partial charge in [0.25, 0.3) is 0 Å². The number of rotatable bonds is 6. The summed E-state index contributed by atoms with van der Waals surface area (Å²) in [5.74, 6) is 0.